The van der Waals surface area contributed by atoms with E-state index in [1.807, 2.05) is 0 Å². The lowest BCUT2D eigenvalue weighted by Gasteiger charge is -2.07. The van der Waals surface area contributed by atoms with Gasteiger partial charge in [-0.1, -0.05) is 19.2 Å². The first-order chi connectivity index (χ1) is 12.1. The normalized spacial score (nSPS) is 10.2. The predicted octanol–water partition coefficient (Wildman–Crippen LogP) is 1.35. The molecule has 0 saturated carbocycles. The lowest BCUT2D eigenvalue weighted by Crippen LogP contribution is -2.14. The molecule has 0 saturated heterocycles. The van der Waals surface area contributed by atoms with Crippen LogP contribution in [0.1, 0.15) is 19.4 Å². The van der Waals surface area contributed by atoms with Crippen molar-refractivity contribution in [2.24, 2.45) is 11.5 Å². The molecule has 1 rings (SSSR count). The zero-order chi connectivity index (χ0) is 20.7. The molecule has 8 heteroatoms. The van der Waals surface area contributed by atoms with Gasteiger partial charge in [0.1, 0.15) is 0 Å². The summed E-state index contributed by atoms with van der Waals surface area (Å²) in [4.78, 5) is 20.2. The fourth-order valence-electron chi connectivity index (χ4n) is 1.15. The Morgan fingerprint density at radius 2 is 1.85 bits per heavy atom. The highest BCUT2D eigenvalue weighted by atomic mass is 16.7. The fourth-order valence-corrected chi connectivity index (χ4v) is 1.15. The molecule has 0 aliphatic rings. The standard InChI is InChI=1S/C8H11NO2.C6H10O3.C4H7NO/c9-4-3-6-1-2-7(10)8(11)5-6;1-4-6(7)9-5(2)8-3;1-3(2)4(5)6/h1-2,5,10-11H,3-4,9H2;4-5H,1H2,2-3H3;1H2,2H3,(H2,5,6). The van der Waals surface area contributed by atoms with Gasteiger partial charge in [0.2, 0.25) is 5.91 Å². The zero-order valence-electron chi connectivity index (χ0n) is 15.4. The van der Waals surface area contributed by atoms with Crippen LogP contribution >= 0.6 is 0 Å². The number of methoxy groups -OCH3 is 1. The van der Waals surface area contributed by atoms with E-state index in [0.29, 0.717) is 18.5 Å². The number of aromatic hydroxyl groups is 2. The predicted molar refractivity (Wildman–Crippen MR) is 99.3 cm³/mol. The molecule has 1 aromatic carbocycles. The first-order valence-electron chi connectivity index (χ1n) is 7.61. The molecule has 0 bridgehead atoms. The van der Waals surface area contributed by atoms with Gasteiger partial charge in [0.25, 0.3) is 0 Å². The Hall–Kier alpha value is -2.84. The van der Waals surface area contributed by atoms with E-state index in [2.05, 4.69) is 22.6 Å². The summed E-state index contributed by atoms with van der Waals surface area (Å²) >= 11 is 0. The van der Waals surface area contributed by atoms with Crippen LogP contribution in [0.5, 0.6) is 11.5 Å². The molecule has 6 N–H and O–H groups in total. The molecule has 8 nitrogen and oxygen atoms in total. The van der Waals surface area contributed by atoms with Crippen LogP contribution in [-0.2, 0) is 25.5 Å². The van der Waals surface area contributed by atoms with Crippen LogP contribution in [-0.4, -0.2) is 42.0 Å². The Bertz CT molecular complexity index is 589. The maximum atomic E-state index is 10.4. The zero-order valence-corrected chi connectivity index (χ0v) is 15.4. The third kappa shape index (κ3) is 13.6. The van der Waals surface area contributed by atoms with E-state index < -0.39 is 18.2 Å². The van der Waals surface area contributed by atoms with Crippen molar-refractivity contribution in [2.75, 3.05) is 13.7 Å². The summed E-state index contributed by atoms with van der Waals surface area (Å²) in [6, 6.07) is 4.71. The Labute approximate surface area is 153 Å². The molecule has 26 heavy (non-hydrogen) atoms. The van der Waals surface area contributed by atoms with E-state index >= 15 is 0 Å². The molecule has 1 unspecified atom stereocenters. The summed E-state index contributed by atoms with van der Waals surface area (Å²) in [5.74, 6) is -1.08. The van der Waals surface area contributed by atoms with Crippen molar-refractivity contribution in [2.45, 2.75) is 26.6 Å². The highest BCUT2D eigenvalue weighted by Crippen LogP contribution is 2.24. The van der Waals surface area contributed by atoms with Crippen LogP contribution in [0.15, 0.2) is 43.0 Å². The number of hydrogen-bond donors (Lipinski definition) is 4. The topological polar surface area (TPSA) is 145 Å². The number of carbonyl (C=O) groups is 2. The van der Waals surface area contributed by atoms with Gasteiger partial charge in [0, 0.05) is 18.8 Å². The van der Waals surface area contributed by atoms with E-state index in [0.717, 1.165) is 11.6 Å². The van der Waals surface area contributed by atoms with Gasteiger partial charge in [-0.2, -0.15) is 0 Å². The third-order valence-electron chi connectivity index (χ3n) is 2.67. The number of primary amides is 1. The number of phenols is 2. The van der Waals surface area contributed by atoms with E-state index in [-0.39, 0.29) is 11.5 Å². The minimum Gasteiger partial charge on any atom is -0.504 e. The first-order valence-corrected chi connectivity index (χ1v) is 7.61. The number of esters is 1. The van der Waals surface area contributed by atoms with Crippen molar-refractivity contribution >= 4 is 11.9 Å². The number of amides is 1. The van der Waals surface area contributed by atoms with Crippen molar-refractivity contribution in [1.29, 1.82) is 0 Å². The van der Waals surface area contributed by atoms with Gasteiger partial charge in [-0.25, -0.2) is 4.79 Å². The molecule has 0 aliphatic heterocycles. The van der Waals surface area contributed by atoms with Crippen LogP contribution in [0, 0.1) is 0 Å². The van der Waals surface area contributed by atoms with Crippen LogP contribution in [0.4, 0.5) is 0 Å². The lowest BCUT2D eigenvalue weighted by molar-refractivity contribution is -0.163. The molecular formula is C18H28N2O6. The van der Waals surface area contributed by atoms with Gasteiger partial charge in [-0.3, -0.25) is 4.79 Å². The molecule has 0 radical (unpaired) electrons. The average Bonchev–Trinajstić information content (AvgIpc) is 2.59. The number of phenolic OH excluding ortho intramolecular Hbond substituents is 2. The fraction of sp³-hybridized carbons (Fsp3) is 0.333. The average molecular weight is 368 g/mol. The maximum absolute atomic E-state index is 10.4. The number of rotatable bonds is 6. The van der Waals surface area contributed by atoms with Crippen molar-refractivity contribution in [3.05, 3.63) is 48.6 Å². The van der Waals surface area contributed by atoms with Crippen LogP contribution in [0.2, 0.25) is 0 Å². The van der Waals surface area contributed by atoms with Crippen LogP contribution in [0.25, 0.3) is 0 Å². The molecule has 0 fully saturated rings. The molecule has 0 heterocycles. The van der Waals surface area contributed by atoms with Gasteiger partial charge in [0.05, 0.1) is 0 Å². The Morgan fingerprint density at radius 1 is 1.31 bits per heavy atom. The largest absolute Gasteiger partial charge is 0.504 e. The number of nitrogens with two attached hydrogens (primary N) is 2. The summed E-state index contributed by atoms with van der Waals surface area (Å²) < 4.78 is 9.20. The molecule has 0 spiro atoms. The summed E-state index contributed by atoms with van der Waals surface area (Å²) in [6.45, 7) is 10.2. The quantitative estimate of drug-likeness (QED) is 0.257. The maximum Gasteiger partial charge on any atom is 0.332 e. The summed E-state index contributed by atoms with van der Waals surface area (Å²) in [5, 5.41) is 18.0. The molecule has 146 valence electrons. The summed E-state index contributed by atoms with van der Waals surface area (Å²) in [5.41, 5.74) is 11.3. The molecule has 1 aromatic rings. The van der Waals surface area contributed by atoms with Crippen molar-refractivity contribution in [3.8, 4) is 11.5 Å². The smallest absolute Gasteiger partial charge is 0.332 e. The second kappa shape index (κ2) is 14.5. The van der Waals surface area contributed by atoms with E-state index in [9.17, 15) is 9.59 Å². The summed E-state index contributed by atoms with van der Waals surface area (Å²) in [7, 11) is 1.46. The second-order valence-electron chi connectivity index (χ2n) is 4.95. The molecule has 0 aromatic heterocycles. The monoisotopic (exact) mass is 368 g/mol. The Kier molecular flexibility index (Phi) is 14.2. The van der Waals surface area contributed by atoms with Gasteiger partial charge in [0.15, 0.2) is 17.8 Å². The molecule has 1 amide bonds. The highest BCUT2D eigenvalue weighted by Gasteiger charge is 2.01. The van der Waals surface area contributed by atoms with Gasteiger partial charge < -0.3 is 31.2 Å². The van der Waals surface area contributed by atoms with E-state index in [1.54, 1.807) is 19.9 Å². The second-order valence-corrected chi connectivity index (χ2v) is 4.95. The SMILES string of the molecule is C=C(C)C(N)=O.C=CC(=O)OC(C)OC.NCCc1ccc(O)c(O)c1. The number of ether oxygens (including phenoxy) is 2. The Morgan fingerprint density at radius 3 is 2.19 bits per heavy atom. The van der Waals surface area contributed by atoms with E-state index in [1.165, 1.54) is 19.2 Å². The van der Waals surface area contributed by atoms with Crippen molar-refractivity contribution in [1.82, 2.24) is 0 Å². The summed E-state index contributed by atoms with van der Waals surface area (Å²) in [6.07, 6.45) is 1.32. The molecule has 0 aliphatic carbocycles. The van der Waals surface area contributed by atoms with Crippen molar-refractivity contribution in [3.63, 3.8) is 0 Å². The van der Waals surface area contributed by atoms with E-state index in [4.69, 9.17) is 21.7 Å². The molecule has 1 atom stereocenters. The number of benzene rings is 1. The highest BCUT2D eigenvalue weighted by molar-refractivity contribution is 5.90. The number of hydrogen-bond acceptors (Lipinski definition) is 7. The minimum atomic E-state index is -0.490. The van der Waals surface area contributed by atoms with Gasteiger partial charge in [-0.15, -0.1) is 0 Å². The van der Waals surface area contributed by atoms with Crippen molar-refractivity contribution < 1.29 is 29.3 Å². The Balaban J connectivity index is 0. The third-order valence-corrected chi connectivity index (χ3v) is 2.67. The number of carbonyl (C=O) groups excluding carboxylic acids is 2. The first kappa shape index (κ1) is 25.4. The molecular weight excluding hydrogens is 340 g/mol. The lowest BCUT2D eigenvalue weighted by atomic mass is 10.1. The van der Waals surface area contributed by atoms with Gasteiger partial charge >= 0.3 is 5.97 Å². The van der Waals surface area contributed by atoms with Gasteiger partial charge in [-0.05, 0) is 44.5 Å². The minimum absolute atomic E-state index is 0.0871. The van der Waals surface area contributed by atoms with Crippen LogP contribution in [0.3, 0.4) is 0 Å². The van der Waals surface area contributed by atoms with Crippen LogP contribution < -0.4 is 11.5 Å².